The maximum Gasteiger partial charge on any atom is 0.146 e. The normalized spacial score (nSPS) is 12.7. The van der Waals surface area contributed by atoms with Crippen molar-refractivity contribution in [2.45, 2.75) is 0 Å². The summed E-state index contributed by atoms with van der Waals surface area (Å²) in [7, 11) is 0. The van der Waals surface area contributed by atoms with E-state index >= 15 is 0 Å². The molecular formula is C55H30N4. The van der Waals surface area contributed by atoms with Crippen molar-refractivity contribution in [1.82, 2.24) is 18.4 Å². The van der Waals surface area contributed by atoms with Gasteiger partial charge in [-0.1, -0.05) is 140 Å². The number of para-hydroxylation sites is 4. The number of fused-ring (bicyclic) bond motifs is 20. The second-order valence-electron chi connectivity index (χ2n) is 16.3. The van der Waals surface area contributed by atoms with Crippen molar-refractivity contribution >= 4 is 120 Å². The van der Waals surface area contributed by atoms with Crippen molar-refractivity contribution in [3.05, 3.63) is 182 Å². The Kier molecular flexibility index (Phi) is 5.38. The number of benzene rings is 9. The number of rotatable bonds is 2. The molecule has 0 atom stereocenters. The second kappa shape index (κ2) is 10.5. The summed E-state index contributed by atoms with van der Waals surface area (Å²) in [4.78, 5) is 5.47. The van der Waals surface area contributed by atoms with Crippen molar-refractivity contribution in [1.29, 1.82) is 0 Å². The summed E-state index contributed by atoms with van der Waals surface area (Å²) < 4.78 is 7.39. The van der Waals surface area contributed by atoms with Crippen LogP contribution in [0.4, 0.5) is 0 Å². The third-order valence-corrected chi connectivity index (χ3v) is 13.5. The van der Waals surface area contributed by atoms with Crippen molar-refractivity contribution in [3.63, 3.8) is 0 Å². The molecule has 9 aromatic carbocycles. The van der Waals surface area contributed by atoms with E-state index in [-0.39, 0.29) is 0 Å². The highest BCUT2D eigenvalue weighted by atomic mass is 15.0. The lowest BCUT2D eigenvalue weighted by atomic mass is 9.94. The molecule has 0 saturated carbocycles. The van der Waals surface area contributed by atoms with Crippen LogP contribution in [0.2, 0.25) is 0 Å². The van der Waals surface area contributed by atoms with Gasteiger partial charge in [-0.2, -0.15) is 0 Å². The van der Waals surface area contributed by atoms with E-state index in [1.165, 1.54) is 125 Å². The van der Waals surface area contributed by atoms with Gasteiger partial charge in [0, 0.05) is 70.5 Å². The molecule has 0 fully saturated rings. The van der Waals surface area contributed by atoms with Gasteiger partial charge >= 0.3 is 0 Å². The summed E-state index contributed by atoms with van der Waals surface area (Å²) in [5.74, 6) is 0. The molecule has 6 heterocycles. The summed E-state index contributed by atoms with van der Waals surface area (Å²) in [5, 5.41) is 17.6. The van der Waals surface area contributed by atoms with Gasteiger partial charge in [0.15, 0.2) is 0 Å². The number of nitrogens with zero attached hydrogens (tertiary/aromatic N) is 4. The summed E-state index contributed by atoms with van der Waals surface area (Å²) >= 11 is 0. The molecule has 0 N–H and O–H groups in total. The molecule has 15 rings (SSSR count). The number of hydrogen-bond donors (Lipinski definition) is 0. The molecule has 59 heavy (non-hydrogen) atoms. The van der Waals surface area contributed by atoms with E-state index in [9.17, 15) is 0 Å². The van der Waals surface area contributed by atoms with E-state index in [1.54, 1.807) is 0 Å². The first-order valence-electron chi connectivity index (χ1n) is 20.4. The Morgan fingerprint density at radius 1 is 0.339 bits per heavy atom. The van der Waals surface area contributed by atoms with Gasteiger partial charge in [0.25, 0.3) is 0 Å². The number of pyridine rings is 1. The predicted octanol–water partition coefficient (Wildman–Crippen LogP) is 14.5. The first-order valence-corrected chi connectivity index (χ1v) is 20.4. The standard InChI is InChI=1S/C55H30N4/c1-2-14-34(15-3-1)57-45-23-9-8-18-37(45)44-29-33(25-27-46(44)57)43-28-32-13-5-6-16-35(32)48-40-20-11-21-41-49-47(58(53(40)41)54(43)48)30-56-55-50(49)42-22-10-19-38-39-26-24-31-12-4-7-17-36(31)51(39)59(55)52(38)42/h1-30H. The lowest BCUT2D eigenvalue weighted by Gasteiger charge is -2.11. The molecule has 0 bridgehead atoms. The van der Waals surface area contributed by atoms with Crippen LogP contribution in [0, 0.1) is 0 Å². The summed E-state index contributed by atoms with van der Waals surface area (Å²) in [6, 6.07) is 64.9. The minimum absolute atomic E-state index is 1.01. The van der Waals surface area contributed by atoms with Gasteiger partial charge in [0.05, 0.1) is 44.8 Å². The monoisotopic (exact) mass is 746 g/mol. The maximum atomic E-state index is 5.47. The van der Waals surface area contributed by atoms with Crippen LogP contribution in [-0.2, 0) is 0 Å². The highest BCUT2D eigenvalue weighted by Gasteiger charge is 2.27. The van der Waals surface area contributed by atoms with Gasteiger partial charge in [0.1, 0.15) is 5.65 Å². The van der Waals surface area contributed by atoms with E-state index in [0.29, 0.717) is 0 Å². The molecule has 0 aliphatic rings. The average Bonchev–Trinajstić information content (AvgIpc) is 4.09. The van der Waals surface area contributed by atoms with E-state index in [4.69, 9.17) is 4.98 Å². The van der Waals surface area contributed by atoms with E-state index in [2.05, 4.69) is 195 Å². The molecule has 15 aromatic rings. The zero-order valence-corrected chi connectivity index (χ0v) is 31.6. The number of hydrogen-bond acceptors (Lipinski definition) is 1. The largest absolute Gasteiger partial charge is 0.309 e. The Morgan fingerprint density at radius 3 is 1.83 bits per heavy atom. The zero-order chi connectivity index (χ0) is 38.1. The smallest absolute Gasteiger partial charge is 0.146 e. The first-order chi connectivity index (χ1) is 29.3. The molecular weight excluding hydrogens is 717 g/mol. The zero-order valence-electron chi connectivity index (χ0n) is 31.6. The quantitative estimate of drug-likeness (QED) is 0.173. The highest BCUT2D eigenvalue weighted by molar-refractivity contribution is 6.37. The molecule has 0 aliphatic carbocycles. The molecule has 0 amide bonds. The Bertz CT molecular complexity index is 4300. The topological polar surface area (TPSA) is 26.6 Å². The van der Waals surface area contributed by atoms with Crippen molar-refractivity contribution in [2.24, 2.45) is 0 Å². The molecule has 0 radical (unpaired) electrons. The molecule has 4 nitrogen and oxygen atoms in total. The Morgan fingerprint density at radius 2 is 0.966 bits per heavy atom. The Labute approximate surface area is 335 Å². The SMILES string of the molecule is c1ccc(-n2c3ccccc3c3cc(-c4cc5ccccc5c5c6cccc7c8c9c%10cccc%11c%12ccc%13ccccc%13c%12n(c9ncc8n(c45)c76)c%11%10)ccc32)cc1. The van der Waals surface area contributed by atoms with Gasteiger partial charge in [-0.3, -0.25) is 4.40 Å². The van der Waals surface area contributed by atoms with Gasteiger partial charge in [-0.05, 0) is 58.1 Å². The van der Waals surface area contributed by atoms with Crippen LogP contribution in [0.3, 0.4) is 0 Å². The van der Waals surface area contributed by atoms with Crippen molar-refractivity contribution in [3.8, 4) is 16.8 Å². The fourth-order valence-corrected chi connectivity index (χ4v) is 11.2. The fourth-order valence-electron chi connectivity index (χ4n) is 11.2. The Hall–Kier alpha value is -7.95. The molecule has 0 aliphatic heterocycles. The van der Waals surface area contributed by atoms with Crippen LogP contribution in [0.1, 0.15) is 0 Å². The molecule has 0 unspecified atom stereocenters. The fraction of sp³-hybridized carbons (Fsp3) is 0. The third kappa shape index (κ3) is 3.56. The second-order valence-corrected chi connectivity index (χ2v) is 16.3. The predicted molar refractivity (Wildman–Crippen MR) is 248 cm³/mol. The average molecular weight is 747 g/mol. The summed E-state index contributed by atoms with van der Waals surface area (Å²) in [6.45, 7) is 0. The first kappa shape index (κ1) is 30.2. The lowest BCUT2D eigenvalue weighted by Crippen LogP contribution is -1.93. The van der Waals surface area contributed by atoms with Crippen LogP contribution in [0.15, 0.2) is 182 Å². The van der Waals surface area contributed by atoms with E-state index < -0.39 is 0 Å². The van der Waals surface area contributed by atoms with Crippen molar-refractivity contribution in [2.75, 3.05) is 0 Å². The van der Waals surface area contributed by atoms with E-state index in [1.807, 2.05) is 0 Å². The summed E-state index contributed by atoms with van der Waals surface area (Å²) in [6.07, 6.45) is 2.15. The van der Waals surface area contributed by atoms with Crippen LogP contribution in [-0.4, -0.2) is 18.4 Å². The maximum absolute atomic E-state index is 5.47. The van der Waals surface area contributed by atoms with Crippen molar-refractivity contribution < 1.29 is 0 Å². The summed E-state index contributed by atoms with van der Waals surface area (Å²) in [5.41, 5.74) is 13.1. The van der Waals surface area contributed by atoms with Gasteiger partial charge < -0.3 is 8.97 Å². The van der Waals surface area contributed by atoms with Crippen LogP contribution < -0.4 is 0 Å². The third-order valence-electron chi connectivity index (χ3n) is 13.5. The highest BCUT2D eigenvalue weighted by Crippen LogP contribution is 2.50. The molecule has 0 saturated heterocycles. The molecule has 4 heteroatoms. The molecule has 0 spiro atoms. The van der Waals surface area contributed by atoms with Gasteiger partial charge in [-0.15, -0.1) is 0 Å². The number of aromatic nitrogens is 4. The van der Waals surface area contributed by atoms with E-state index in [0.717, 1.165) is 11.2 Å². The minimum atomic E-state index is 1.01. The van der Waals surface area contributed by atoms with Gasteiger partial charge in [0.2, 0.25) is 0 Å². The molecule has 6 aromatic heterocycles. The lowest BCUT2D eigenvalue weighted by molar-refractivity contribution is 1.18. The Balaban J connectivity index is 1.11. The van der Waals surface area contributed by atoms with Gasteiger partial charge in [-0.25, -0.2) is 4.98 Å². The minimum Gasteiger partial charge on any atom is -0.309 e. The van der Waals surface area contributed by atoms with Crippen LogP contribution in [0.5, 0.6) is 0 Å². The molecule has 270 valence electrons. The van der Waals surface area contributed by atoms with Crippen LogP contribution >= 0.6 is 0 Å². The van der Waals surface area contributed by atoms with Crippen LogP contribution in [0.25, 0.3) is 136 Å².